The Morgan fingerprint density at radius 2 is 1.90 bits per heavy atom. The molecular formula is C27H44N2O. The standard InChI is InChI=1S/C27H44N2O/c1-16-7-12-27(29-15-16)17(2)24-23(30-27)14-22-20-6-5-18-13-19(28)8-10-25(18,3)21(20)9-11-26(22,24)4/h5,16-17,19-24,29H,6-15,28H2,1-4H3/t16-,17?,19+,20+,21-,22-,23-,24?,25-,26-,27-/m0/s1. The van der Waals surface area contributed by atoms with Crippen molar-refractivity contribution in [2.45, 2.75) is 103 Å². The van der Waals surface area contributed by atoms with Gasteiger partial charge in [0.1, 0.15) is 5.72 Å². The van der Waals surface area contributed by atoms with Gasteiger partial charge in [0.05, 0.1) is 6.10 Å². The minimum absolute atomic E-state index is 0.0300. The molecule has 30 heavy (non-hydrogen) atoms. The third-order valence-corrected chi connectivity index (χ3v) is 11.6. The predicted molar refractivity (Wildman–Crippen MR) is 122 cm³/mol. The molecule has 2 saturated heterocycles. The lowest BCUT2D eigenvalue weighted by Crippen LogP contribution is -2.57. The molecule has 11 atom stereocenters. The Morgan fingerprint density at radius 1 is 1.07 bits per heavy atom. The molecule has 3 N–H and O–H groups in total. The number of ether oxygens (including phenoxy) is 1. The fraction of sp³-hybridized carbons (Fsp3) is 0.926. The molecule has 2 unspecified atom stereocenters. The molecule has 6 rings (SSSR count). The number of nitrogens with two attached hydrogens (primary N) is 1. The summed E-state index contributed by atoms with van der Waals surface area (Å²) in [5.74, 6) is 4.75. The minimum Gasteiger partial charge on any atom is -0.357 e. The molecule has 1 spiro atoms. The molecule has 2 aliphatic heterocycles. The van der Waals surface area contributed by atoms with E-state index in [4.69, 9.17) is 10.5 Å². The second kappa shape index (κ2) is 6.58. The molecule has 168 valence electrons. The van der Waals surface area contributed by atoms with Crippen LogP contribution >= 0.6 is 0 Å². The summed E-state index contributed by atoms with van der Waals surface area (Å²) in [5.41, 5.74) is 8.94. The Kier molecular flexibility index (Phi) is 4.44. The van der Waals surface area contributed by atoms with Gasteiger partial charge in [-0.25, -0.2) is 0 Å². The summed E-state index contributed by atoms with van der Waals surface area (Å²) in [4.78, 5) is 0. The third kappa shape index (κ3) is 2.55. The van der Waals surface area contributed by atoms with E-state index in [-0.39, 0.29) is 5.72 Å². The highest BCUT2D eigenvalue weighted by Gasteiger charge is 2.68. The molecule has 0 aromatic rings. The van der Waals surface area contributed by atoms with Crippen LogP contribution in [0.1, 0.15) is 85.5 Å². The topological polar surface area (TPSA) is 47.3 Å². The summed E-state index contributed by atoms with van der Waals surface area (Å²) in [7, 11) is 0. The first-order valence-corrected chi connectivity index (χ1v) is 13.1. The number of rotatable bonds is 0. The van der Waals surface area contributed by atoms with Crippen molar-refractivity contribution in [3.8, 4) is 0 Å². The van der Waals surface area contributed by atoms with Gasteiger partial charge in [0.2, 0.25) is 0 Å². The summed E-state index contributed by atoms with van der Waals surface area (Å²) in [6.07, 6.45) is 14.8. The van der Waals surface area contributed by atoms with E-state index >= 15 is 0 Å². The highest BCUT2D eigenvalue weighted by atomic mass is 16.5. The maximum Gasteiger partial charge on any atom is 0.122 e. The van der Waals surface area contributed by atoms with Gasteiger partial charge in [-0.2, -0.15) is 0 Å². The van der Waals surface area contributed by atoms with Crippen molar-refractivity contribution >= 4 is 0 Å². The van der Waals surface area contributed by atoms with Gasteiger partial charge in [0, 0.05) is 18.5 Å². The number of hydrogen-bond acceptors (Lipinski definition) is 3. The summed E-state index contributed by atoms with van der Waals surface area (Å²) in [5, 5.41) is 3.90. The molecule has 0 radical (unpaired) electrons. The zero-order valence-corrected chi connectivity index (χ0v) is 19.8. The summed E-state index contributed by atoms with van der Waals surface area (Å²) in [6, 6.07) is 0.400. The van der Waals surface area contributed by atoms with Crippen molar-refractivity contribution in [2.24, 2.45) is 52.1 Å². The van der Waals surface area contributed by atoms with Crippen molar-refractivity contribution in [3.05, 3.63) is 11.6 Å². The number of allylic oxidation sites excluding steroid dienone is 1. The van der Waals surface area contributed by atoms with Crippen molar-refractivity contribution in [3.63, 3.8) is 0 Å². The van der Waals surface area contributed by atoms with Crippen molar-refractivity contribution in [2.75, 3.05) is 6.54 Å². The molecule has 3 saturated carbocycles. The van der Waals surface area contributed by atoms with Crippen molar-refractivity contribution in [1.29, 1.82) is 0 Å². The van der Waals surface area contributed by atoms with Crippen LogP contribution in [0.25, 0.3) is 0 Å². The minimum atomic E-state index is -0.0300. The molecule has 6 aliphatic rings. The van der Waals surface area contributed by atoms with Crippen LogP contribution in [0.3, 0.4) is 0 Å². The first-order chi connectivity index (χ1) is 14.3. The van der Waals surface area contributed by atoms with E-state index in [0.29, 0.717) is 28.9 Å². The Bertz CT molecular complexity index is 739. The van der Waals surface area contributed by atoms with E-state index in [9.17, 15) is 0 Å². The molecule has 0 aromatic heterocycles. The van der Waals surface area contributed by atoms with Crippen LogP contribution in [0.4, 0.5) is 0 Å². The molecule has 0 bridgehead atoms. The van der Waals surface area contributed by atoms with Gasteiger partial charge in [-0.05, 0) is 98.2 Å². The molecule has 5 fully saturated rings. The van der Waals surface area contributed by atoms with E-state index in [2.05, 4.69) is 39.1 Å². The molecule has 0 aromatic carbocycles. The van der Waals surface area contributed by atoms with E-state index in [1.165, 1.54) is 51.4 Å². The monoisotopic (exact) mass is 412 g/mol. The normalized spacial score (nSPS) is 59.8. The fourth-order valence-corrected chi connectivity index (χ4v) is 9.89. The van der Waals surface area contributed by atoms with Gasteiger partial charge >= 0.3 is 0 Å². The van der Waals surface area contributed by atoms with Crippen LogP contribution in [0.5, 0.6) is 0 Å². The Labute approximate surface area is 184 Å². The van der Waals surface area contributed by atoms with E-state index in [0.717, 1.165) is 42.6 Å². The van der Waals surface area contributed by atoms with Gasteiger partial charge in [-0.15, -0.1) is 0 Å². The van der Waals surface area contributed by atoms with Gasteiger partial charge in [0.15, 0.2) is 0 Å². The fourth-order valence-electron chi connectivity index (χ4n) is 9.89. The van der Waals surface area contributed by atoms with E-state index < -0.39 is 0 Å². The average molecular weight is 413 g/mol. The first-order valence-electron chi connectivity index (χ1n) is 13.1. The SMILES string of the molecule is CC1C2[C@H](C[C@H]3[C@@H]4CC=C5C[C@H](N)CC[C@]5(C)[C@H]4CC[C@]23C)O[C@@]12CC[C@H](C)CN2. The number of nitrogens with one attached hydrogen (secondary N) is 1. The lowest BCUT2D eigenvalue weighted by Gasteiger charge is -2.58. The van der Waals surface area contributed by atoms with Crippen LogP contribution < -0.4 is 11.1 Å². The zero-order valence-electron chi connectivity index (χ0n) is 19.8. The summed E-state index contributed by atoms with van der Waals surface area (Å²) >= 11 is 0. The van der Waals surface area contributed by atoms with Crippen LogP contribution in [0.2, 0.25) is 0 Å². The average Bonchev–Trinajstić information content (AvgIpc) is 3.16. The van der Waals surface area contributed by atoms with Gasteiger partial charge in [-0.1, -0.05) is 39.3 Å². The highest BCUT2D eigenvalue weighted by Crippen LogP contribution is 2.70. The first kappa shape index (κ1) is 20.2. The summed E-state index contributed by atoms with van der Waals surface area (Å²) < 4.78 is 7.01. The van der Waals surface area contributed by atoms with Crippen LogP contribution in [-0.2, 0) is 4.74 Å². The number of piperidine rings is 1. The van der Waals surface area contributed by atoms with Crippen molar-refractivity contribution in [1.82, 2.24) is 5.32 Å². The molecule has 4 aliphatic carbocycles. The lowest BCUT2D eigenvalue weighted by atomic mass is 9.46. The Hall–Kier alpha value is -0.380. The lowest BCUT2D eigenvalue weighted by molar-refractivity contribution is -0.115. The predicted octanol–water partition coefficient (Wildman–Crippen LogP) is 5.25. The number of hydrogen-bond donors (Lipinski definition) is 2. The zero-order chi connectivity index (χ0) is 20.9. The maximum atomic E-state index is 7.01. The number of fused-ring (bicyclic) bond motifs is 7. The third-order valence-electron chi connectivity index (χ3n) is 11.6. The Morgan fingerprint density at radius 3 is 2.67 bits per heavy atom. The molecule has 0 amide bonds. The largest absolute Gasteiger partial charge is 0.357 e. The van der Waals surface area contributed by atoms with E-state index in [1.54, 1.807) is 5.57 Å². The van der Waals surface area contributed by atoms with Crippen LogP contribution in [0, 0.1) is 46.3 Å². The van der Waals surface area contributed by atoms with Crippen molar-refractivity contribution < 1.29 is 4.74 Å². The highest BCUT2D eigenvalue weighted by molar-refractivity contribution is 5.26. The molecule has 2 heterocycles. The quantitative estimate of drug-likeness (QED) is 0.534. The van der Waals surface area contributed by atoms with Crippen LogP contribution in [0.15, 0.2) is 11.6 Å². The second-order valence-corrected chi connectivity index (χ2v) is 12.9. The maximum absolute atomic E-state index is 7.01. The Balaban J connectivity index is 1.28. The van der Waals surface area contributed by atoms with Gasteiger partial charge in [0.25, 0.3) is 0 Å². The van der Waals surface area contributed by atoms with Gasteiger partial charge in [-0.3, -0.25) is 5.32 Å². The second-order valence-electron chi connectivity index (χ2n) is 12.9. The molecular weight excluding hydrogens is 368 g/mol. The van der Waals surface area contributed by atoms with Gasteiger partial charge < -0.3 is 10.5 Å². The van der Waals surface area contributed by atoms with E-state index in [1.807, 2.05) is 0 Å². The smallest absolute Gasteiger partial charge is 0.122 e. The molecule has 3 heteroatoms. The van der Waals surface area contributed by atoms with Crippen LogP contribution in [-0.4, -0.2) is 24.4 Å². The molecule has 3 nitrogen and oxygen atoms in total. The summed E-state index contributed by atoms with van der Waals surface area (Å²) in [6.45, 7) is 11.3.